The van der Waals surface area contributed by atoms with Gasteiger partial charge >= 0.3 is 0 Å². The zero-order valence-electron chi connectivity index (χ0n) is 33.5. The fraction of sp³-hybridized carbons (Fsp3) is 0.930. The van der Waals surface area contributed by atoms with Crippen LogP contribution in [0, 0.1) is 46.3 Å². The van der Waals surface area contributed by atoms with Crippen LogP contribution in [0.4, 0.5) is 0 Å². The molecule has 9 atom stereocenters. The van der Waals surface area contributed by atoms with E-state index in [1.54, 1.807) is 5.57 Å². The fourth-order valence-corrected chi connectivity index (χ4v) is 11.0. The van der Waals surface area contributed by atoms with Crippen molar-refractivity contribution >= 4 is 5.91 Å². The Labute approximate surface area is 302 Å². The van der Waals surface area contributed by atoms with Gasteiger partial charge in [-0.2, -0.15) is 0 Å². The summed E-state index contributed by atoms with van der Waals surface area (Å²) in [6, 6.07) is 0. The first-order valence-electron chi connectivity index (χ1n) is 20.7. The Hall–Kier alpha value is -0.950. The van der Waals surface area contributed by atoms with E-state index in [1.807, 2.05) is 0 Å². The molecule has 4 aliphatic carbocycles. The topological polar surface area (TPSA) is 82.8 Å². The lowest BCUT2D eigenvalue weighted by Gasteiger charge is -2.58. The second kappa shape index (κ2) is 17.7. The number of hydrogen-bond acceptors (Lipinski definition) is 5. The maximum atomic E-state index is 12.6. The van der Waals surface area contributed by atoms with Crippen LogP contribution in [-0.2, 0) is 19.0 Å². The number of allylic oxidation sites excluding steroid dienone is 1. The molecule has 3 fully saturated rings. The second-order valence-corrected chi connectivity index (χ2v) is 18.7. The smallest absolute Gasteiger partial charge is 0.222 e. The molecule has 0 aromatic carbocycles. The van der Waals surface area contributed by atoms with Crippen LogP contribution in [0.1, 0.15) is 159 Å². The number of hydrogen-bond donors (Lipinski definition) is 2. The van der Waals surface area contributed by atoms with Gasteiger partial charge in [0.15, 0.2) is 0 Å². The van der Waals surface area contributed by atoms with Gasteiger partial charge in [-0.05, 0) is 144 Å². The van der Waals surface area contributed by atoms with Crippen LogP contribution in [0.25, 0.3) is 0 Å². The van der Waals surface area contributed by atoms with E-state index in [4.69, 9.17) is 19.9 Å². The first-order chi connectivity index (χ1) is 23.2. The van der Waals surface area contributed by atoms with Gasteiger partial charge in [-0.3, -0.25) is 4.79 Å². The highest BCUT2D eigenvalue weighted by molar-refractivity contribution is 5.75. The Balaban J connectivity index is 1.17. The van der Waals surface area contributed by atoms with Crippen LogP contribution < -0.4 is 11.1 Å². The van der Waals surface area contributed by atoms with Gasteiger partial charge in [0.2, 0.25) is 5.91 Å². The Bertz CT molecular complexity index is 1070. The summed E-state index contributed by atoms with van der Waals surface area (Å²) in [6.45, 7) is 23.8. The number of rotatable bonds is 20. The number of nitrogens with one attached hydrogen (secondary N) is 1. The van der Waals surface area contributed by atoms with Crippen LogP contribution in [-0.4, -0.2) is 56.1 Å². The van der Waals surface area contributed by atoms with E-state index in [9.17, 15) is 4.79 Å². The highest BCUT2D eigenvalue weighted by Gasteiger charge is 2.59. The average molecular weight is 687 g/mol. The number of fused-ring (bicyclic) bond motifs is 5. The molecule has 6 heteroatoms. The predicted molar refractivity (Wildman–Crippen MR) is 203 cm³/mol. The molecule has 0 aliphatic heterocycles. The second-order valence-electron chi connectivity index (χ2n) is 18.7. The van der Waals surface area contributed by atoms with Gasteiger partial charge in [-0.1, -0.05) is 72.5 Å². The third-order valence-corrected chi connectivity index (χ3v) is 14.4. The molecule has 3 saturated carbocycles. The molecule has 6 nitrogen and oxygen atoms in total. The summed E-state index contributed by atoms with van der Waals surface area (Å²) in [4.78, 5) is 12.6. The van der Waals surface area contributed by atoms with Crippen molar-refractivity contribution in [2.75, 3.05) is 32.9 Å². The lowest BCUT2D eigenvalue weighted by molar-refractivity contribution is -0.125. The van der Waals surface area contributed by atoms with Gasteiger partial charge in [-0.15, -0.1) is 0 Å². The molecule has 0 bridgehead atoms. The SMILES string of the molecule is CCC(C)(CCOC(C)(C)CCN)OCCC(=O)NCCOC1CCC2(C)C(=CCC3C2CCC2(C)C(C(C)CCCC(C)C)CCC32)C1. The third-order valence-electron chi connectivity index (χ3n) is 14.4. The van der Waals surface area contributed by atoms with Crippen molar-refractivity contribution in [3.63, 3.8) is 0 Å². The monoisotopic (exact) mass is 687 g/mol. The van der Waals surface area contributed by atoms with Gasteiger partial charge in [0, 0.05) is 13.0 Å². The van der Waals surface area contributed by atoms with Crippen molar-refractivity contribution in [3.05, 3.63) is 11.6 Å². The van der Waals surface area contributed by atoms with E-state index in [0.29, 0.717) is 50.2 Å². The summed E-state index contributed by atoms with van der Waals surface area (Å²) >= 11 is 0. The molecule has 0 spiro atoms. The minimum absolute atomic E-state index is 0.0306. The molecule has 0 heterocycles. The van der Waals surface area contributed by atoms with Crippen molar-refractivity contribution in [1.29, 1.82) is 0 Å². The summed E-state index contributed by atoms with van der Waals surface area (Å²) < 4.78 is 18.6. The summed E-state index contributed by atoms with van der Waals surface area (Å²) in [5.74, 6) is 5.26. The van der Waals surface area contributed by atoms with E-state index in [0.717, 1.165) is 67.6 Å². The highest BCUT2D eigenvalue weighted by Crippen LogP contribution is 2.67. The van der Waals surface area contributed by atoms with E-state index in [1.165, 1.54) is 57.8 Å². The fourth-order valence-electron chi connectivity index (χ4n) is 11.0. The van der Waals surface area contributed by atoms with Gasteiger partial charge in [0.25, 0.3) is 0 Å². The Morgan fingerprint density at radius 1 is 0.980 bits per heavy atom. The first kappa shape index (κ1) is 40.8. The first-order valence-corrected chi connectivity index (χ1v) is 20.7. The van der Waals surface area contributed by atoms with Crippen LogP contribution in [0.3, 0.4) is 0 Å². The lowest BCUT2D eigenvalue weighted by atomic mass is 9.47. The summed E-state index contributed by atoms with van der Waals surface area (Å²) in [7, 11) is 0. The quantitative estimate of drug-likeness (QED) is 0.0985. The molecule has 0 saturated heterocycles. The van der Waals surface area contributed by atoms with Crippen molar-refractivity contribution in [1.82, 2.24) is 5.32 Å². The minimum atomic E-state index is -0.298. The van der Waals surface area contributed by atoms with Crippen molar-refractivity contribution in [3.8, 4) is 0 Å². The molecule has 0 radical (unpaired) electrons. The molecule has 49 heavy (non-hydrogen) atoms. The average Bonchev–Trinajstić information content (AvgIpc) is 3.40. The largest absolute Gasteiger partial charge is 0.376 e. The molecule has 0 aromatic rings. The molecule has 3 N–H and O–H groups in total. The third kappa shape index (κ3) is 10.4. The maximum absolute atomic E-state index is 12.6. The van der Waals surface area contributed by atoms with Crippen molar-refractivity contribution in [2.24, 2.45) is 52.1 Å². The lowest BCUT2D eigenvalue weighted by Crippen LogP contribution is -2.51. The zero-order valence-corrected chi connectivity index (χ0v) is 33.5. The van der Waals surface area contributed by atoms with Gasteiger partial charge in [0.05, 0.1) is 37.1 Å². The molecule has 4 aliphatic rings. The summed E-state index contributed by atoms with van der Waals surface area (Å²) in [5.41, 5.74) is 7.76. The maximum Gasteiger partial charge on any atom is 0.222 e. The highest BCUT2D eigenvalue weighted by atomic mass is 16.5. The minimum Gasteiger partial charge on any atom is -0.376 e. The number of amides is 1. The van der Waals surface area contributed by atoms with Crippen LogP contribution in [0.5, 0.6) is 0 Å². The molecular formula is C43H78N2O4. The summed E-state index contributed by atoms with van der Waals surface area (Å²) in [6.07, 6.45) is 20.5. The molecule has 0 aromatic heterocycles. The zero-order chi connectivity index (χ0) is 35.9. The molecule has 4 rings (SSSR count). The molecule has 9 unspecified atom stereocenters. The van der Waals surface area contributed by atoms with Gasteiger partial charge in [0.1, 0.15) is 0 Å². The van der Waals surface area contributed by atoms with Crippen LogP contribution in [0.2, 0.25) is 0 Å². The molecule has 284 valence electrons. The Morgan fingerprint density at radius 2 is 1.76 bits per heavy atom. The van der Waals surface area contributed by atoms with E-state index in [2.05, 4.69) is 73.7 Å². The van der Waals surface area contributed by atoms with Crippen molar-refractivity contribution in [2.45, 2.75) is 176 Å². The number of carbonyl (C=O) groups excluding carboxylic acids is 1. The number of carbonyl (C=O) groups is 1. The van der Waals surface area contributed by atoms with E-state index < -0.39 is 0 Å². The number of ether oxygens (including phenoxy) is 3. The standard InChI is InChI=1S/C43H78N2O4/c1-10-41(7,24-28-48-40(5,6)23-25-44)49-27-20-39(46)45-26-29-47-34-18-21-42(8)33(30-34)14-15-35-37-17-16-36(32(4)13-11-12-31(2)3)43(37,9)22-19-38(35)42/h14,31-32,34-38H,10-13,15-30,44H2,1-9H3,(H,45,46). The molecule has 1 amide bonds. The van der Waals surface area contributed by atoms with Gasteiger partial charge in [-0.25, -0.2) is 0 Å². The Morgan fingerprint density at radius 3 is 2.47 bits per heavy atom. The summed E-state index contributed by atoms with van der Waals surface area (Å²) in [5, 5.41) is 3.06. The van der Waals surface area contributed by atoms with Crippen LogP contribution in [0.15, 0.2) is 11.6 Å². The Kier molecular flexibility index (Phi) is 14.8. The van der Waals surface area contributed by atoms with E-state index in [-0.39, 0.29) is 23.2 Å². The predicted octanol–water partition coefficient (Wildman–Crippen LogP) is 9.64. The van der Waals surface area contributed by atoms with Crippen molar-refractivity contribution < 1.29 is 19.0 Å². The van der Waals surface area contributed by atoms with Crippen LogP contribution >= 0.6 is 0 Å². The number of nitrogens with two attached hydrogens (primary N) is 1. The van der Waals surface area contributed by atoms with E-state index >= 15 is 0 Å². The molecular weight excluding hydrogens is 608 g/mol. The van der Waals surface area contributed by atoms with Gasteiger partial charge < -0.3 is 25.3 Å². The normalized spacial score (nSPS) is 33.3.